The van der Waals surface area contributed by atoms with Crippen LogP contribution in [0.2, 0.25) is 5.02 Å². The van der Waals surface area contributed by atoms with Crippen LogP contribution >= 0.6 is 11.6 Å². The number of benzene rings is 3. The number of nitriles is 1. The van der Waals surface area contributed by atoms with Gasteiger partial charge in [0.05, 0.1) is 25.5 Å². The Morgan fingerprint density at radius 1 is 0.941 bits per heavy atom. The minimum atomic E-state index is -1.13. The Morgan fingerprint density at radius 3 is 2.35 bits per heavy atom. The molecule has 51 heavy (non-hydrogen) atoms. The normalized spacial score (nSPS) is 10.9. The van der Waals surface area contributed by atoms with Crippen LogP contribution in [-0.2, 0) is 9.53 Å². The molecule has 0 saturated heterocycles. The highest BCUT2D eigenvalue weighted by atomic mass is 35.5. The zero-order valence-electron chi connectivity index (χ0n) is 29.0. The quantitative estimate of drug-likeness (QED) is 0.119. The summed E-state index contributed by atoms with van der Waals surface area (Å²) in [4.78, 5) is 44.2. The third kappa shape index (κ3) is 9.45. The van der Waals surface area contributed by atoms with E-state index in [0.29, 0.717) is 44.6 Å². The van der Waals surface area contributed by atoms with E-state index in [-0.39, 0.29) is 42.5 Å². The standard InChI is InChI=1S/C37H38ClN5O8/c1-37(2,3)43(36(46)47)15-14-33(44)40-24-9-7-8-22(16-24)28-19-30(26-12-10-23(38)17-32(26)51-21-48-4)41-34(29(28)20-39)42-35(45)27-13-11-25(49-5)18-31(27)50-6/h7-13,16-19H,14-15,21H2,1-6H3,(H,40,44)(H,46,47)(H,41,42,45). The van der Waals surface area contributed by atoms with E-state index in [2.05, 4.69) is 16.7 Å². The minimum Gasteiger partial charge on any atom is -0.497 e. The number of aromatic nitrogens is 1. The van der Waals surface area contributed by atoms with Crippen molar-refractivity contribution in [2.24, 2.45) is 0 Å². The second kappa shape index (κ2) is 16.7. The summed E-state index contributed by atoms with van der Waals surface area (Å²) in [6, 6.07) is 20.2. The van der Waals surface area contributed by atoms with Gasteiger partial charge in [-0.1, -0.05) is 23.7 Å². The maximum Gasteiger partial charge on any atom is 0.407 e. The van der Waals surface area contributed by atoms with Gasteiger partial charge in [0.2, 0.25) is 5.91 Å². The van der Waals surface area contributed by atoms with Gasteiger partial charge in [-0.05, 0) is 74.9 Å². The number of hydrogen-bond donors (Lipinski definition) is 3. The van der Waals surface area contributed by atoms with Gasteiger partial charge in [0.1, 0.15) is 28.9 Å². The van der Waals surface area contributed by atoms with Crippen molar-refractivity contribution in [3.05, 3.63) is 82.9 Å². The first-order valence-electron chi connectivity index (χ1n) is 15.6. The molecule has 0 aliphatic carbocycles. The summed E-state index contributed by atoms with van der Waals surface area (Å²) in [7, 11) is 4.39. The number of carbonyl (C=O) groups is 3. The topological polar surface area (TPSA) is 172 Å². The van der Waals surface area contributed by atoms with E-state index in [1.807, 2.05) is 0 Å². The molecule has 1 aromatic heterocycles. The van der Waals surface area contributed by atoms with Crippen LogP contribution in [0, 0.1) is 11.3 Å². The number of halogens is 1. The zero-order chi connectivity index (χ0) is 37.3. The van der Waals surface area contributed by atoms with Gasteiger partial charge in [0, 0.05) is 53.5 Å². The van der Waals surface area contributed by atoms with Gasteiger partial charge >= 0.3 is 6.09 Å². The number of carboxylic acid groups (broad SMARTS) is 1. The molecule has 0 bridgehead atoms. The summed E-state index contributed by atoms with van der Waals surface area (Å²) < 4.78 is 21.6. The predicted octanol–water partition coefficient (Wildman–Crippen LogP) is 7.30. The Balaban J connectivity index is 1.80. The van der Waals surface area contributed by atoms with E-state index in [1.54, 1.807) is 81.4 Å². The molecule has 266 valence electrons. The Kier molecular flexibility index (Phi) is 12.4. The maximum absolute atomic E-state index is 13.7. The van der Waals surface area contributed by atoms with Crippen LogP contribution in [0.15, 0.2) is 66.7 Å². The smallest absolute Gasteiger partial charge is 0.407 e. The Bertz CT molecular complexity index is 1970. The van der Waals surface area contributed by atoms with Crippen molar-refractivity contribution in [1.29, 1.82) is 5.26 Å². The lowest BCUT2D eigenvalue weighted by atomic mass is 9.97. The third-order valence-electron chi connectivity index (χ3n) is 7.63. The van der Waals surface area contributed by atoms with Gasteiger partial charge in [0.25, 0.3) is 5.91 Å². The van der Waals surface area contributed by atoms with Crippen molar-refractivity contribution in [2.75, 3.05) is 45.3 Å². The molecule has 3 aromatic carbocycles. The molecule has 3 amide bonds. The van der Waals surface area contributed by atoms with Crippen molar-refractivity contribution in [2.45, 2.75) is 32.7 Å². The Hall–Kier alpha value is -5.84. The first kappa shape index (κ1) is 38.0. The Morgan fingerprint density at radius 2 is 1.71 bits per heavy atom. The third-order valence-corrected chi connectivity index (χ3v) is 7.86. The Labute approximate surface area is 300 Å². The summed E-state index contributed by atoms with van der Waals surface area (Å²) in [5.41, 5.74) is 1.64. The summed E-state index contributed by atoms with van der Waals surface area (Å²) in [6.07, 6.45) is -1.21. The number of ether oxygens (including phenoxy) is 4. The summed E-state index contributed by atoms with van der Waals surface area (Å²) in [6.45, 7) is 5.16. The molecular formula is C37H38ClN5O8. The molecule has 14 heteroatoms. The molecule has 0 aliphatic rings. The molecule has 0 fully saturated rings. The van der Waals surface area contributed by atoms with Gasteiger partial charge in [-0.3, -0.25) is 9.59 Å². The molecule has 0 saturated carbocycles. The fourth-order valence-electron chi connectivity index (χ4n) is 5.14. The lowest BCUT2D eigenvalue weighted by molar-refractivity contribution is -0.116. The molecule has 1 heterocycles. The second-order valence-corrected chi connectivity index (χ2v) is 12.5. The molecule has 4 rings (SSSR count). The zero-order valence-corrected chi connectivity index (χ0v) is 29.8. The van der Waals surface area contributed by atoms with Crippen molar-refractivity contribution < 1.29 is 38.4 Å². The average molecular weight is 716 g/mol. The number of carbonyl (C=O) groups excluding carboxylic acids is 2. The van der Waals surface area contributed by atoms with Crippen LogP contribution < -0.4 is 24.8 Å². The van der Waals surface area contributed by atoms with E-state index in [9.17, 15) is 24.8 Å². The summed E-state index contributed by atoms with van der Waals surface area (Å²) in [5, 5.41) is 26.0. The maximum atomic E-state index is 13.7. The number of amides is 3. The highest BCUT2D eigenvalue weighted by Gasteiger charge is 2.27. The molecule has 0 atom stereocenters. The van der Waals surface area contributed by atoms with Crippen molar-refractivity contribution in [3.63, 3.8) is 0 Å². The summed E-state index contributed by atoms with van der Waals surface area (Å²) >= 11 is 6.28. The largest absolute Gasteiger partial charge is 0.497 e. The molecule has 0 unspecified atom stereocenters. The molecule has 0 aliphatic heterocycles. The fraction of sp³-hybridized carbons (Fsp3) is 0.270. The van der Waals surface area contributed by atoms with E-state index < -0.39 is 23.4 Å². The lowest BCUT2D eigenvalue weighted by Gasteiger charge is -2.32. The van der Waals surface area contributed by atoms with Crippen LogP contribution in [0.5, 0.6) is 17.2 Å². The van der Waals surface area contributed by atoms with Gasteiger partial charge in [-0.25, -0.2) is 9.78 Å². The molecular weight excluding hydrogens is 678 g/mol. The fourth-order valence-corrected chi connectivity index (χ4v) is 5.31. The van der Waals surface area contributed by atoms with E-state index >= 15 is 0 Å². The first-order valence-corrected chi connectivity index (χ1v) is 16.0. The molecule has 3 N–H and O–H groups in total. The highest BCUT2D eigenvalue weighted by molar-refractivity contribution is 6.30. The number of methoxy groups -OCH3 is 3. The number of pyridine rings is 1. The number of rotatable bonds is 13. The second-order valence-electron chi connectivity index (χ2n) is 12.1. The van der Waals surface area contributed by atoms with Gasteiger partial charge in [-0.15, -0.1) is 0 Å². The number of nitrogens with zero attached hydrogens (tertiary/aromatic N) is 3. The van der Waals surface area contributed by atoms with Crippen LogP contribution in [-0.4, -0.2) is 73.1 Å². The number of hydrogen-bond acceptors (Lipinski definition) is 9. The SMILES string of the molecule is COCOc1cc(Cl)ccc1-c1cc(-c2cccc(NC(=O)CCN(C(=O)O)C(C)(C)C)c2)c(C#N)c(NC(=O)c2ccc(OC)cc2OC)n1. The summed E-state index contributed by atoms with van der Waals surface area (Å²) in [5.74, 6) is 0.0165. The van der Waals surface area contributed by atoms with Crippen molar-refractivity contribution >= 4 is 41.0 Å². The average Bonchev–Trinajstić information content (AvgIpc) is 3.09. The van der Waals surface area contributed by atoms with Gasteiger partial charge in [0.15, 0.2) is 12.6 Å². The van der Waals surface area contributed by atoms with Gasteiger partial charge in [-0.2, -0.15) is 5.26 Å². The van der Waals surface area contributed by atoms with E-state index in [0.717, 1.165) is 0 Å². The predicted molar refractivity (Wildman–Crippen MR) is 193 cm³/mol. The van der Waals surface area contributed by atoms with Crippen LogP contribution in [0.3, 0.4) is 0 Å². The van der Waals surface area contributed by atoms with Crippen LogP contribution in [0.4, 0.5) is 16.3 Å². The number of nitrogens with one attached hydrogen (secondary N) is 2. The van der Waals surface area contributed by atoms with E-state index in [4.69, 9.17) is 35.5 Å². The van der Waals surface area contributed by atoms with Crippen molar-refractivity contribution in [3.8, 4) is 45.7 Å². The molecule has 4 aromatic rings. The molecule has 13 nitrogen and oxygen atoms in total. The first-order chi connectivity index (χ1) is 24.3. The molecule has 0 radical (unpaired) electrons. The van der Waals surface area contributed by atoms with E-state index in [1.165, 1.54) is 32.3 Å². The van der Waals surface area contributed by atoms with Crippen LogP contribution in [0.25, 0.3) is 22.4 Å². The monoisotopic (exact) mass is 715 g/mol. The van der Waals surface area contributed by atoms with Gasteiger partial charge < -0.3 is 39.6 Å². The van der Waals surface area contributed by atoms with Crippen LogP contribution in [0.1, 0.15) is 43.1 Å². The minimum absolute atomic E-state index is 0.00669. The highest BCUT2D eigenvalue weighted by Crippen LogP contribution is 2.38. The molecule has 0 spiro atoms. The van der Waals surface area contributed by atoms with Crippen molar-refractivity contribution in [1.82, 2.24) is 9.88 Å². The lowest BCUT2D eigenvalue weighted by Crippen LogP contribution is -2.46. The number of anilines is 2.